The van der Waals surface area contributed by atoms with Crippen LogP contribution in [0.15, 0.2) is 54.6 Å². The molecule has 31 heavy (non-hydrogen) atoms. The van der Waals surface area contributed by atoms with E-state index in [2.05, 4.69) is 4.90 Å². The van der Waals surface area contributed by atoms with Gasteiger partial charge in [-0.3, -0.25) is 15.0 Å². The molecule has 2 aromatic carbocycles. The van der Waals surface area contributed by atoms with Crippen molar-refractivity contribution in [2.24, 2.45) is 0 Å². The minimum atomic E-state index is -3.46. The Bertz CT molecular complexity index is 992. The van der Waals surface area contributed by atoms with E-state index in [-0.39, 0.29) is 30.1 Å². The summed E-state index contributed by atoms with van der Waals surface area (Å²) < 4.78 is 33.7. The molecule has 2 atom stereocenters. The number of rotatable bonds is 8. The van der Waals surface area contributed by atoms with Gasteiger partial charge in [0, 0.05) is 24.7 Å². The molecule has 2 heterocycles. The predicted molar refractivity (Wildman–Crippen MR) is 117 cm³/mol. The molecule has 0 saturated carbocycles. The fraction of sp³-hybridized carbons (Fsp3) is 0.455. The number of non-ortho nitro benzene ring substituents is 1. The highest BCUT2D eigenvalue weighted by atomic mass is 32.2. The first-order chi connectivity index (χ1) is 14.9. The third kappa shape index (κ3) is 5.12. The molecule has 0 spiro atoms. The summed E-state index contributed by atoms with van der Waals surface area (Å²) in [5.41, 5.74) is 1.76. The molecular weight excluding hydrogens is 418 g/mol. The van der Waals surface area contributed by atoms with Crippen LogP contribution in [0.3, 0.4) is 0 Å². The average molecular weight is 446 g/mol. The van der Waals surface area contributed by atoms with Gasteiger partial charge in [-0.1, -0.05) is 42.5 Å². The van der Waals surface area contributed by atoms with Crippen molar-refractivity contribution >= 4 is 15.7 Å². The summed E-state index contributed by atoms with van der Waals surface area (Å²) in [7, 11) is -3.46. The molecule has 0 aromatic heterocycles. The number of ether oxygens (including phenoxy) is 1. The molecule has 9 heteroatoms. The summed E-state index contributed by atoms with van der Waals surface area (Å²) in [4.78, 5) is 12.7. The minimum Gasteiger partial charge on any atom is -0.375 e. The second kappa shape index (κ2) is 9.44. The number of nitro benzene ring substituents is 1. The zero-order chi connectivity index (χ0) is 21.8. The molecule has 2 aliphatic rings. The van der Waals surface area contributed by atoms with E-state index >= 15 is 0 Å². The van der Waals surface area contributed by atoms with Crippen LogP contribution in [-0.4, -0.2) is 60.1 Å². The molecule has 2 fully saturated rings. The highest BCUT2D eigenvalue weighted by Gasteiger charge is 2.47. The Morgan fingerprint density at radius 3 is 2.32 bits per heavy atom. The van der Waals surface area contributed by atoms with Crippen LogP contribution < -0.4 is 0 Å². The molecule has 0 bridgehead atoms. The van der Waals surface area contributed by atoms with Crippen LogP contribution in [0.1, 0.15) is 24.0 Å². The van der Waals surface area contributed by atoms with E-state index in [1.807, 2.05) is 30.3 Å². The van der Waals surface area contributed by atoms with Gasteiger partial charge >= 0.3 is 0 Å². The number of nitro groups is 1. The molecule has 2 saturated heterocycles. The summed E-state index contributed by atoms with van der Waals surface area (Å²) >= 11 is 0. The Kier molecular flexibility index (Phi) is 6.66. The van der Waals surface area contributed by atoms with E-state index in [1.54, 1.807) is 12.1 Å². The van der Waals surface area contributed by atoms with Crippen molar-refractivity contribution in [3.8, 4) is 0 Å². The van der Waals surface area contributed by atoms with Gasteiger partial charge in [-0.25, -0.2) is 8.42 Å². The van der Waals surface area contributed by atoms with E-state index in [0.29, 0.717) is 13.2 Å². The van der Waals surface area contributed by atoms with Gasteiger partial charge < -0.3 is 4.74 Å². The van der Waals surface area contributed by atoms with E-state index < -0.39 is 14.9 Å². The highest BCUT2D eigenvalue weighted by Crippen LogP contribution is 2.30. The van der Waals surface area contributed by atoms with Crippen LogP contribution in [0.2, 0.25) is 0 Å². The maximum atomic E-state index is 13.1. The second-order valence-corrected chi connectivity index (χ2v) is 10.1. The zero-order valence-corrected chi connectivity index (χ0v) is 18.1. The Morgan fingerprint density at radius 2 is 1.68 bits per heavy atom. The summed E-state index contributed by atoms with van der Waals surface area (Å²) in [6, 6.07) is 15.5. The van der Waals surface area contributed by atoms with Crippen molar-refractivity contribution in [3.05, 3.63) is 75.8 Å². The Morgan fingerprint density at radius 1 is 1.00 bits per heavy atom. The van der Waals surface area contributed by atoms with Gasteiger partial charge in [0.05, 0.1) is 29.9 Å². The quantitative estimate of drug-likeness (QED) is 0.458. The fourth-order valence-corrected chi connectivity index (χ4v) is 6.44. The molecule has 0 amide bonds. The second-order valence-electron chi connectivity index (χ2n) is 8.13. The van der Waals surface area contributed by atoms with Gasteiger partial charge in [-0.2, -0.15) is 4.31 Å². The predicted octanol–water partition coefficient (Wildman–Crippen LogP) is 2.79. The summed E-state index contributed by atoms with van der Waals surface area (Å²) in [5, 5.41) is 10.9. The third-order valence-electron chi connectivity index (χ3n) is 6.05. The standard InChI is InChI=1S/C22H27N3O5S/c26-25(27)20-10-8-18(9-11-20)14-24-21(16-30-15-19-6-2-1-3-7-19)22(17-31(24,28)29)23-12-4-5-13-23/h1-3,6-11,21-22H,4-5,12-17H2/t21-,22+/m1/s1. The maximum absolute atomic E-state index is 13.1. The SMILES string of the molecule is O=[N+]([O-])c1ccc(CN2[C@H](COCc3ccccc3)[C@@H](N3CCCC3)CS2(=O)=O)cc1. The molecular formula is C22H27N3O5S. The largest absolute Gasteiger partial charge is 0.375 e. The molecule has 4 rings (SSSR count). The van der Waals surface area contributed by atoms with E-state index in [9.17, 15) is 18.5 Å². The average Bonchev–Trinajstić information content (AvgIpc) is 3.37. The number of sulfonamides is 1. The number of likely N-dealkylation sites (tertiary alicyclic amines) is 1. The smallest absolute Gasteiger partial charge is 0.269 e. The molecule has 0 aliphatic carbocycles. The van der Waals surface area contributed by atoms with Crippen molar-refractivity contribution in [1.82, 2.24) is 9.21 Å². The zero-order valence-electron chi connectivity index (χ0n) is 17.3. The van der Waals surface area contributed by atoms with Gasteiger partial charge in [-0.15, -0.1) is 0 Å². The van der Waals surface area contributed by atoms with Crippen LogP contribution in [0, 0.1) is 10.1 Å². The molecule has 8 nitrogen and oxygen atoms in total. The van der Waals surface area contributed by atoms with Crippen LogP contribution in [0.25, 0.3) is 0 Å². The van der Waals surface area contributed by atoms with Crippen molar-refractivity contribution in [2.75, 3.05) is 25.4 Å². The summed E-state index contributed by atoms with van der Waals surface area (Å²) in [6.45, 7) is 2.73. The lowest BCUT2D eigenvalue weighted by Crippen LogP contribution is -2.47. The Balaban J connectivity index is 1.52. The maximum Gasteiger partial charge on any atom is 0.269 e. The minimum absolute atomic E-state index is 0.00860. The number of hydrogen-bond acceptors (Lipinski definition) is 6. The Hall–Kier alpha value is -2.33. The molecule has 0 unspecified atom stereocenters. The molecule has 166 valence electrons. The molecule has 2 aliphatic heterocycles. The monoisotopic (exact) mass is 445 g/mol. The van der Waals surface area contributed by atoms with Crippen LogP contribution in [0.5, 0.6) is 0 Å². The lowest BCUT2D eigenvalue weighted by molar-refractivity contribution is -0.384. The summed E-state index contributed by atoms with van der Waals surface area (Å²) in [5.74, 6) is 0.0827. The molecule has 0 radical (unpaired) electrons. The van der Waals surface area contributed by atoms with Crippen LogP contribution in [-0.2, 0) is 27.9 Å². The highest BCUT2D eigenvalue weighted by molar-refractivity contribution is 7.89. The van der Waals surface area contributed by atoms with E-state index in [4.69, 9.17) is 4.74 Å². The molecule has 0 N–H and O–H groups in total. The normalized spacial score (nSPS) is 23.9. The van der Waals surface area contributed by atoms with Gasteiger partial charge in [-0.05, 0) is 37.1 Å². The third-order valence-corrected chi connectivity index (χ3v) is 7.93. The van der Waals surface area contributed by atoms with Crippen molar-refractivity contribution in [1.29, 1.82) is 0 Å². The van der Waals surface area contributed by atoms with Crippen LogP contribution >= 0.6 is 0 Å². The topological polar surface area (TPSA) is 93.0 Å². The van der Waals surface area contributed by atoms with Crippen molar-refractivity contribution in [3.63, 3.8) is 0 Å². The van der Waals surface area contributed by atoms with E-state index in [0.717, 1.165) is 37.1 Å². The van der Waals surface area contributed by atoms with Gasteiger partial charge in [0.25, 0.3) is 5.69 Å². The van der Waals surface area contributed by atoms with Crippen LogP contribution in [0.4, 0.5) is 5.69 Å². The first-order valence-corrected chi connectivity index (χ1v) is 12.1. The van der Waals surface area contributed by atoms with Gasteiger partial charge in [0.2, 0.25) is 10.0 Å². The fourth-order valence-electron chi connectivity index (χ4n) is 4.43. The van der Waals surface area contributed by atoms with Gasteiger partial charge in [0.1, 0.15) is 0 Å². The first-order valence-electron chi connectivity index (χ1n) is 10.5. The lowest BCUT2D eigenvalue weighted by atomic mass is 10.1. The van der Waals surface area contributed by atoms with Crippen molar-refractivity contribution in [2.45, 2.75) is 38.1 Å². The van der Waals surface area contributed by atoms with E-state index in [1.165, 1.54) is 16.4 Å². The lowest BCUT2D eigenvalue weighted by Gasteiger charge is -2.31. The number of benzene rings is 2. The van der Waals surface area contributed by atoms with Crippen molar-refractivity contribution < 1.29 is 18.1 Å². The Labute approximate surface area is 182 Å². The first kappa shape index (κ1) is 21.9. The summed E-state index contributed by atoms with van der Waals surface area (Å²) in [6.07, 6.45) is 2.16. The number of nitrogens with zero attached hydrogens (tertiary/aromatic N) is 3. The number of hydrogen-bond donors (Lipinski definition) is 0. The molecule has 2 aromatic rings. The van der Waals surface area contributed by atoms with Gasteiger partial charge in [0.15, 0.2) is 0 Å².